The first kappa shape index (κ1) is 29.2. The van der Waals surface area contributed by atoms with Crippen molar-refractivity contribution in [3.63, 3.8) is 0 Å². The van der Waals surface area contributed by atoms with Crippen molar-refractivity contribution in [3.05, 3.63) is 53.6 Å². The average Bonchev–Trinajstić information content (AvgIpc) is 3.01. The van der Waals surface area contributed by atoms with E-state index in [9.17, 15) is 19.2 Å². The van der Waals surface area contributed by atoms with E-state index in [-0.39, 0.29) is 49.5 Å². The largest absolute Gasteiger partial charge is 0.496 e. The van der Waals surface area contributed by atoms with Gasteiger partial charge in [0.1, 0.15) is 24.2 Å². The van der Waals surface area contributed by atoms with Crippen molar-refractivity contribution in [2.75, 3.05) is 38.2 Å². The summed E-state index contributed by atoms with van der Waals surface area (Å²) in [7, 11) is 1.52. The zero-order valence-corrected chi connectivity index (χ0v) is 23.8. The Bertz CT molecular complexity index is 1320. The van der Waals surface area contributed by atoms with Crippen molar-refractivity contribution >= 4 is 29.6 Å². The Labute approximate surface area is 244 Å². The van der Waals surface area contributed by atoms with E-state index in [2.05, 4.69) is 0 Å². The number of fused-ring (bicyclic) bond motifs is 1. The number of hydrogen-bond acceptors (Lipinski definition) is 7. The Morgan fingerprint density at radius 2 is 1.67 bits per heavy atom. The molecule has 0 saturated carbocycles. The van der Waals surface area contributed by atoms with Crippen molar-refractivity contribution in [2.45, 2.75) is 63.7 Å². The lowest BCUT2D eigenvalue weighted by molar-refractivity contribution is -0.137. The first-order valence-corrected chi connectivity index (χ1v) is 14.5. The van der Waals surface area contributed by atoms with E-state index in [0.717, 1.165) is 11.3 Å². The highest BCUT2D eigenvalue weighted by atomic mass is 16.6. The van der Waals surface area contributed by atoms with Gasteiger partial charge in [-0.2, -0.15) is 0 Å². The molecule has 3 aliphatic heterocycles. The third-order valence-electron chi connectivity index (χ3n) is 8.20. The number of carbonyl (C=O) groups excluding carboxylic acids is 3. The van der Waals surface area contributed by atoms with Gasteiger partial charge in [0.05, 0.1) is 18.4 Å². The van der Waals surface area contributed by atoms with E-state index >= 15 is 0 Å². The molecule has 1 N–H and O–H groups in total. The molecular formula is C31H37N3O8. The summed E-state index contributed by atoms with van der Waals surface area (Å²) in [6.07, 6.45) is 2.76. The molecular weight excluding hydrogens is 542 g/mol. The maximum atomic E-state index is 13.5. The molecule has 0 bridgehead atoms. The van der Waals surface area contributed by atoms with Crippen LogP contribution in [0.15, 0.2) is 42.5 Å². The van der Waals surface area contributed by atoms with Gasteiger partial charge < -0.3 is 29.1 Å². The molecule has 0 spiro atoms. The zero-order chi connectivity index (χ0) is 29.6. The number of carboxylic acid groups (broad SMARTS) is 1. The van der Waals surface area contributed by atoms with Crippen molar-refractivity contribution in [1.29, 1.82) is 0 Å². The van der Waals surface area contributed by atoms with Crippen LogP contribution in [0.5, 0.6) is 11.5 Å². The smallest absolute Gasteiger partial charge is 0.414 e. The summed E-state index contributed by atoms with van der Waals surface area (Å²) in [5.74, 6) is -0.0258. The summed E-state index contributed by atoms with van der Waals surface area (Å²) in [5.41, 5.74) is 2.31. The number of carbonyl (C=O) groups is 4. The van der Waals surface area contributed by atoms with E-state index in [1.165, 1.54) is 7.11 Å². The van der Waals surface area contributed by atoms with Crippen LogP contribution in [0, 0.1) is 0 Å². The van der Waals surface area contributed by atoms with Crippen LogP contribution in [0.2, 0.25) is 0 Å². The number of methoxy groups -OCH3 is 1. The van der Waals surface area contributed by atoms with Crippen LogP contribution in [0.1, 0.15) is 60.9 Å². The topological polar surface area (TPSA) is 126 Å². The summed E-state index contributed by atoms with van der Waals surface area (Å²) < 4.78 is 17.1. The van der Waals surface area contributed by atoms with Crippen molar-refractivity contribution in [1.82, 2.24) is 9.80 Å². The Morgan fingerprint density at radius 1 is 0.952 bits per heavy atom. The highest BCUT2D eigenvalue weighted by Gasteiger charge is 2.35. The molecule has 2 saturated heterocycles. The number of hydrogen-bond donors (Lipinski definition) is 1. The lowest BCUT2D eigenvalue weighted by atomic mass is 10.00. The van der Waals surface area contributed by atoms with Crippen molar-refractivity contribution in [3.8, 4) is 11.5 Å². The van der Waals surface area contributed by atoms with Crippen LogP contribution in [0.3, 0.4) is 0 Å². The predicted molar refractivity (Wildman–Crippen MR) is 153 cm³/mol. The summed E-state index contributed by atoms with van der Waals surface area (Å²) >= 11 is 0. The molecule has 42 heavy (non-hydrogen) atoms. The Kier molecular flexibility index (Phi) is 9.14. The van der Waals surface area contributed by atoms with Gasteiger partial charge in [-0.3, -0.25) is 19.3 Å². The van der Waals surface area contributed by atoms with Gasteiger partial charge in [-0.15, -0.1) is 0 Å². The van der Waals surface area contributed by atoms with E-state index in [0.29, 0.717) is 75.3 Å². The SMILES string of the molecule is COc1cc(OC2CCN(C(=O)CCCC(=O)O)CC2)ccc1C(=O)N1CCC(N2C(=O)OCc3ccccc32)CC1. The van der Waals surface area contributed by atoms with Gasteiger partial charge >= 0.3 is 12.1 Å². The number of para-hydroxylation sites is 1. The highest BCUT2D eigenvalue weighted by molar-refractivity contribution is 5.97. The summed E-state index contributed by atoms with van der Waals surface area (Å²) in [4.78, 5) is 54.4. The van der Waals surface area contributed by atoms with Crippen LogP contribution in [0.25, 0.3) is 0 Å². The molecule has 2 aromatic carbocycles. The number of piperidine rings is 2. The fraction of sp³-hybridized carbons (Fsp3) is 0.484. The molecule has 2 aromatic rings. The number of likely N-dealkylation sites (tertiary alicyclic amines) is 2. The average molecular weight is 580 g/mol. The van der Waals surface area contributed by atoms with Gasteiger partial charge in [0, 0.05) is 69.5 Å². The minimum atomic E-state index is -0.893. The molecule has 0 unspecified atom stereocenters. The molecule has 0 atom stereocenters. The van der Waals surface area contributed by atoms with E-state index in [1.807, 2.05) is 24.3 Å². The van der Waals surface area contributed by atoms with Crippen LogP contribution in [-0.2, 0) is 20.9 Å². The maximum absolute atomic E-state index is 13.5. The fourth-order valence-corrected chi connectivity index (χ4v) is 5.90. The number of benzene rings is 2. The minimum absolute atomic E-state index is 0.00596. The lowest BCUT2D eigenvalue weighted by Gasteiger charge is -2.40. The molecule has 0 aliphatic carbocycles. The van der Waals surface area contributed by atoms with Crippen molar-refractivity contribution in [2.24, 2.45) is 0 Å². The maximum Gasteiger partial charge on any atom is 0.414 e. The molecule has 3 heterocycles. The number of anilines is 1. The molecule has 0 radical (unpaired) electrons. The lowest BCUT2D eigenvalue weighted by Crippen LogP contribution is -2.50. The third kappa shape index (κ3) is 6.61. The number of aliphatic carboxylic acids is 1. The molecule has 5 rings (SSSR count). The van der Waals surface area contributed by atoms with Crippen LogP contribution >= 0.6 is 0 Å². The molecule has 2 fully saturated rings. The second-order valence-corrected chi connectivity index (χ2v) is 10.9. The molecule has 11 nitrogen and oxygen atoms in total. The number of amides is 3. The van der Waals surface area contributed by atoms with Crippen LogP contribution < -0.4 is 14.4 Å². The second-order valence-electron chi connectivity index (χ2n) is 10.9. The van der Waals surface area contributed by atoms with Crippen molar-refractivity contribution < 1.29 is 38.5 Å². The highest BCUT2D eigenvalue weighted by Crippen LogP contribution is 2.33. The standard InChI is InChI=1S/C31H37N3O8/c1-40-27-19-24(42-23-13-17-32(18-14-23)28(35)7-4-8-29(36)37)9-10-25(27)30(38)33-15-11-22(12-16-33)34-26-6-3-2-5-21(26)20-41-31(34)39/h2-3,5-6,9-10,19,22-23H,4,7-8,11-18,20H2,1H3,(H,36,37). The number of carboxylic acids is 1. The number of cyclic esters (lactones) is 1. The first-order chi connectivity index (χ1) is 20.3. The molecule has 0 aromatic heterocycles. The predicted octanol–water partition coefficient (Wildman–Crippen LogP) is 4.08. The summed E-state index contributed by atoms with van der Waals surface area (Å²) in [6, 6.07) is 12.9. The normalized spacial score (nSPS) is 17.8. The van der Waals surface area contributed by atoms with Gasteiger partial charge in [-0.05, 0) is 37.5 Å². The Balaban J connectivity index is 1.14. The number of nitrogens with zero attached hydrogens (tertiary/aromatic N) is 3. The van der Waals surface area contributed by atoms with Gasteiger partial charge in [0.15, 0.2) is 0 Å². The van der Waals surface area contributed by atoms with Crippen LogP contribution in [0.4, 0.5) is 10.5 Å². The van der Waals surface area contributed by atoms with E-state index in [1.54, 1.807) is 32.9 Å². The zero-order valence-electron chi connectivity index (χ0n) is 23.8. The monoisotopic (exact) mass is 579 g/mol. The van der Waals surface area contributed by atoms with E-state index in [4.69, 9.17) is 19.3 Å². The quantitative estimate of drug-likeness (QED) is 0.471. The summed E-state index contributed by atoms with van der Waals surface area (Å²) in [6.45, 7) is 2.40. The molecule has 11 heteroatoms. The molecule has 3 aliphatic rings. The van der Waals surface area contributed by atoms with Crippen LogP contribution in [-0.4, -0.2) is 84.2 Å². The Morgan fingerprint density at radius 3 is 2.38 bits per heavy atom. The molecule has 224 valence electrons. The third-order valence-corrected chi connectivity index (χ3v) is 8.20. The van der Waals surface area contributed by atoms with Gasteiger partial charge in [-0.1, -0.05) is 18.2 Å². The van der Waals surface area contributed by atoms with Gasteiger partial charge in [0.25, 0.3) is 5.91 Å². The van der Waals surface area contributed by atoms with Gasteiger partial charge in [0.2, 0.25) is 5.91 Å². The summed E-state index contributed by atoms with van der Waals surface area (Å²) in [5, 5.41) is 8.77. The van der Waals surface area contributed by atoms with Gasteiger partial charge in [-0.25, -0.2) is 4.79 Å². The molecule has 3 amide bonds. The fourth-order valence-electron chi connectivity index (χ4n) is 5.90. The first-order valence-electron chi connectivity index (χ1n) is 14.5. The number of rotatable bonds is 9. The van der Waals surface area contributed by atoms with E-state index < -0.39 is 5.97 Å². The Hall–Kier alpha value is -4.28. The minimum Gasteiger partial charge on any atom is -0.496 e. The number of ether oxygens (including phenoxy) is 3. The second kappa shape index (κ2) is 13.1.